The Labute approximate surface area is 159 Å². The third kappa shape index (κ3) is 4.85. The molecule has 0 atom stereocenters. The number of nitrogens with one attached hydrogen (secondary N) is 1. The highest BCUT2D eigenvalue weighted by Gasteiger charge is 2.22. The molecule has 0 aliphatic heterocycles. The smallest absolute Gasteiger partial charge is 0.287 e. The predicted molar refractivity (Wildman–Crippen MR) is 92.9 cm³/mol. The lowest BCUT2D eigenvalue weighted by Gasteiger charge is -2.20. The molecule has 2 aromatic rings. The van der Waals surface area contributed by atoms with Gasteiger partial charge in [-0.05, 0) is 25.0 Å². The van der Waals surface area contributed by atoms with Crippen molar-refractivity contribution in [3.05, 3.63) is 53.0 Å². The van der Waals surface area contributed by atoms with Crippen LogP contribution in [0, 0.1) is 23.3 Å². The number of carbonyl (C=O) groups excluding carboxylic acids is 1. The third-order valence-corrected chi connectivity index (χ3v) is 4.76. The normalized spacial score (nSPS) is 15.7. The molecule has 3 rings (SSSR count). The molecule has 1 N–H and O–H groups in total. The Morgan fingerprint density at radius 3 is 2.25 bits per heavy atom. The molecule has 8 heteroatoms. The van der Waals surface area contributed by atoms with Crippen molar-refractivity contribution in [1.29, 1.82) is 0 Å². The molecule has 4 nitrogen and oxygen atoms in total. The van der Waals surface area contributed by atoms with Crippen molar-refractivity contribution in [1.82, 2.24) is 5.32 Å². The van der Waals surface area contributed by atoms with Gasteiger partial charge in [0.2, 0.25) is 11.6 Å². The fourth-order valence-corrected chi connectivity index (χ4v) is 3.26. The first-order chi connectivity index (χ1) is 13.5. The molecule has 0 spiro atoms. The maximum absolute atomic E-state index is 13.6. The lowest BCUT2D eigenvalue weighted by atomic mass is 9.97. The molecule has 152 valence electrons. The van der Waals surface area contributed by atoms with Gasteiger partial charge >= 0.3 is 0 Å². The second kappa shape index (κ2) is 9.12. The number of amides is 1. The Bertz CT molecular complexity index is 803. The second-order valence-corrected chi connectivity index (χ2v) is 6.87. The fourth-order valence-electron chi connectivity index (χ4n) is 3.26. The van der Waals surface area contributed by atoms with Crippen molar-refractivity contribution in [2.45, 2.75) is 57.6 Å². The van der Waals surface area contributed by atoms with Crippen LogP contribution < -0.4 is 10.1 Å². The average Bonchev–Trinajstić information content (AvgIpc) is 3.11. The zero-order valence-corrected chi connectivity index (χ0v) is 15.2. The van der Waals surface area contributed by atoms with Crippen LogP contribution in [0.15, 0.2) is 22.6 Å². The Hall–Kier alpha value is -2.51. The molecule has 1 fully saturated rings. The summed E-state index contributed by atoms with van der Waals surface area (Å²) in [5, 5.41) is 2.93. The van der Waals surface area contributed by atoms with Gasteiger partial charge < -0.3 is 14.5 Å². The minimum absolute atomic E-state index is 0.0343. The van der Waals surface area contributed by atoms with Crippen LogP contribution in [0.2, 0.25) is 0 Å². The summed E-state index contributed by atoms with van der Waals surface area (Å²) < 4.78 is 63.8. The third-order valence-electron chi connectivity index (χ3n) is 4.76. The van der Waals surface area contributed by atoms with E-state index in [4.69, 9.17) is 9.15 Å². The number of rotatable bonds is 5. The topological polar surface area (TPSA) is 51.5 Å². The molecular formula is C20H21F4NO3. The standard InChI is InChI=1S/C20H21F4NO3/c21-14-10-15(22)18(24)19(17(14)23)27-11-13-8-9-16(28-13)20(26)25-12-6-4-2-1-3-5-7-12/h8-10,12H,1-7,11H2,(H,25,26). The van der Waals surface area contributed by atoms with E-state index < -0.39 is 35.6 Å². The summed E-state index contributed by atoms with van der Waals surface area (Å²) >= 11 is 0. The van der Waals surface area contributed by atoms with E-state index >= 15 is 0 Å². The van der Waals surface area contributed by atoms with Gasteiger partial charge in [-0.2, -0.15) is 8.78 Å². The maximum atomic E-state index is 13.6. The van der Waals surface area contributed by atoms with Gasteiger partial charge in [-0.25, -0.2) is 8.78 Å². The second-order valence-electron chi connectivity index (χ2n) is 6.87. The van der Waals surface area contributed by atoms with Crippen LogP contribution in [0.25, 0.3) is 0 Å². The van der Waals surface area contributed by atoms with Crippen LogP contribution in [-0.4, -0.2) is 11.9 Å². The summed E-state index contributed by atoms with van der Waals surface area (Å²) in [6.07, 6.45) is 7.47. The number of hydrogen-bond acceptors (Lipinski definition) is 3. The van der Waals surface area contributed by atoms with Gasteiger partial charge in [0.15, 0.2) is 23.1 Å². The van der Waals surface area contributed by atoms with Crippen LogP contribution in [0.4, 0.5) is 17.6 Å². The molecule has 1 aromatic heterocycles. The highest BCUT2D eigenvalue weighted by atomic mass is 19.2. The summed E-state index contributed by atoms with van der Waals surface area (Å²) in [7, 11) is 0. The maximum Gasteiger partial charge on any atom is 0.287 e. The zero-order valence-electron chi connectivity index (χ0n) is 15.2. The Balaban J connectivity index is 1.60. The summed E-state index contributed by atoms with van der Waals surface area (Å²) in [5.41, 5.74) is 0. The van der Waals surface area contributed by atoms with Gasteiger partial charge in [-0.1, -0.05) is 32.1 Å². The summed E-state index contributed by atoms with van der Waals surface area (Å²) in [5.74, 6) is -7.82. The number of furan rings is 1. The molecule has 0 bridgehead atoms. The molecule has 1 heterocycles. The molecule has 1 amide bonds. The summed E-state index contributed by atoms with van der Waals surface area (Å²) in [6, 6.07) is 2.99. The van der Waals surface area contributed by atoms with Crippen molar-refractivity contribution in [2.75, 3.05) is 0 Å². The largest absolute Gasteiger partial charge is 0.479 e. The molecule has 1 saturated carbocycles. The number of ether oxygens (including phenoxy) is 1. The molecular weight excluding hydrogens is 378 g/mol. The number of hydrogen-bond donors (Lipinski definition) is 1. The first-order valence-electron chi connectivity index (χ1n) is 9.31. The van der Waals surface area contributed by atoms with E-state index in [-0.39, 0.29) is 29.5 Å². The molecule has 0 saturated heterocycles. The number of benzene rings is 1. The van der Waals surface area contributed by atoms with Crippen LogP contribution in [0.5, 0.6) is 5.75 Å². The summed E-state index contributed by atoms with van der Waals surface area (Å²) in [4.78, 5) is 12.3. The van der Waals surface area contributed by atoms with Crippen LogP contribution in [-0.2, 0) is 6.61 Å². The Morgan fingerprint density at radius 2 is 1.61 bits per heavy atom. The Kier molecular flexibility index (Phi) is 6.59. The van der Waals surface area contributed by atoms with Crippen molar-refractivity contribution in [3.8, 4) is 5.75 Å². The van der Waals surface area contributed by atoms with Gasteiger partial charge in [0.25, 0.3) is 5.91 Å². The van der Waals surface area contributed by atoms with Crippen LogP contribution in [0.3, 0.4) is 0 Å². The van der Waals surface area contributed by atoms with E-state index in [1.165, 1.54) is 18.6 Å². The van der Waals surface area contributed by atoms with Gasteiger partial charge in [0.1, 0.15) is 12.4 Å². The molecule has 0 unspecified atom stereocenters. The van der Waals surface area contributed by atoms with Crippen molar-refractivity contribution >= 4 is 5.91 Å². The van der Waals surface area contributed by atoms with Gasteiger partial charge in [-0.15, -0.1) is 0 Å². The zero-order chi connectivity index (χ0) is 20.1. The molecule has 28 heavy (non-hydrogen) atoms. The first-order valence-corrected chi connectivity index (χ1v) is 9.31. The van der Waals surface area contributed by atoms with Crippen LogP contribution >= 0.6 is 0 Å². The van der Waals surface area contributed by atoms with Crippen molar-refractivity contribution in [3.63, 3.8) is 0 Å². The molecule has 0 radical (unpaired) electrons. The van der Waals surface area contributed by atoms with E-state index in [1.54, 1.807) is 0 Å². The molecule has 1 aliphatic rings. The lowest BCUT2D eigenvalue weighted by molar-refractivity contribution is 0.0898. The highest BCUT2D eigenvalue weighted by Crippen LogP contribution is 2.27. The minimum atomic E-state index is -1.63. The predicted octanol–water partition coefficient (Wildman–Crippen LogP) is 5.26. The van der Waals surface area contributed by atoms with E-state index in [0.717, 1.165) is 38.5 Å². The van der Waals surface area contributed by atoms with E-state index in [2.05, 4.69) is 5.32 Å². The SMILES string of the molecule is O=C(NC1CCCCCCC1)c1ccc(COc2c(F)c(F)cc(F)c2F)o1. The van der Waals surface area contributed by atoms with Gasteiger partial charge in [0, 0.05) is 12.1 Å². The average molecular weight is 399 g/mol. The Morgan fingerprint density at radius 1 is 1.00 bits per heavy atom. The van der Waals surface area contributed by atoms with Gasteiger partial charge in [0.05, 0.1) is 0 Å². The van der Waals surface area contributed by atoms with Crippen LogP contribution in [0.1, 0.15) is 61.3 Å². The van der Waals surface area contributed by atoms with Crippen molar-refractivity contribution in [2.24, 2.45) is 0 Å². The quantitative estimate of drug-likeness (QED) is 0.551. The van der Waals surface area contributed by atoms with Crippen molar-refractivity contribution < 1.29 is 31.5 Å². The van der Waals surface area contributed by atoms with E-state index in [9.17, 15) is 22.4 Å². The molecule has 1 aromatic carbocycles. The summed E-state index contributed by atoms with van der Waals surface area (Å²) in [6.45, 7) is -0.493. The van der Waals surface area contributed by atoms with E-state index in [1.807, 2.05) is 0 Å². The minimum Gasteiger partial charge on any atom is -0.479 e. The monoisotopic (exact) mass is 399 g/mol. The fraction of sp³-hybridized carbons (Fsp3) is 0.450. The lowest BCUT2D eigenvalue weighted by Crippen LogP contribution is -2.35. The van der Waals surface area contributed by atoms with E-state index in [0.29, 0.717) is 0 Å². The number of halogens is 4. The molecule has 1 aliphatic carbocycles. The van der Waals surface area contributed by atoms with Gasteiger partial charge in [-0.3, -0.25) is 4.79 Å². The number of carbonyl (C=O) groups is 1. The highest BCUT2D eigenvalue weighted by molar-refractivity contribution is 5.91. The first kappa shape index (κ1) is 20.2.